The van der Waals surface area contributed by atoms with Crippen molar-refractivity contribution in [1.29, 1.82) is 0 Å². The standard InChI is InChI=1S/C11H20F3NO/c1-2-15(8-11(12,13)14)7-10(16)9-5-3-4-6-9/h9-10,16H,2-8H2,1H3. The highest BCUT2D eigenvalue weighted by atomic mass is 19.4. The average molecular weight is 239 g/mol. The molecule has 96 valence electrons. The van der Waals surface area contributed by atoms with Crippen molar-refractivity contribution in [2.75, 3.05) is 19.6 Å². The van der Waals surface area contributed by atoms with Gasteiger partial charge in [0.15, 0.2) is 0 Å². The maximum atomic E-state index is 12.2. The number of halogens is 3. The molecule has 1 atom stereocenters. The van der Waals surface area contributed by atoms with E-state index >= 15 is 0 Å². The molecular weight excluding hydrogens is 219 g/mol. The monoisotopic (exact) mass is 239 g/mol. The predicted molar refractivity (Wildman–Crippen MR) is 56.1 cm³/mol. The topological polar surface area (TPSA) is 23.5 Å². The molecule has 0 aromatic heterocycles. The van der Waals surface area contributed by atoms with Crippen LogP contribution in [0.4, 0.5) is 13.2 Å². The van der Waals surface area contributed by atoms with Crippen LogP contribution >= 0.6 is 0 Å². The van der Waals surface area contributed by atoms with Crippen LogP contribution in [0.1, 0.15) is 32.6 Å². The molecule has 5 heteroatoms. The van der Waals surface area contributed by atoms with Gasteiger partial charge in [-0.2, -0.15) is 13.2 Å². The molecule has 1 aliphatic rings. The van der Waals surface area contributed by atoms with E-state index in [1.54, 1.807) is 6.92 Å². The lowest BCUT2D eigenvalue weighted by molar-refractivity contribution is -0.148. The van der Waals surface area contributed by atoms with Gasteiger partial charge in [0, 0.05) is 6.54 Å². The van der Waals surface area contributed by atoms with E-state index in [-0.39, 0.29) is 12.5 Å². The average Bonchev–Trinajstić information content (AvgIpc) is 2.67. The molecule has 1 fully saturated rings. The summed E-state index contributed by atoms with van der Waals surface area (Å²) >= 11 is 0. The number of rotatable bonds is 5. The zero-order valence-electron chi connectivity index (χ0n) is 9.63. The van der Waals surface area contributed by atoms with Crippen molar-refractivity contribution in [2.45, 2.75) is 44.9 Å². The van der Waals surface area contributed by atoms with Crippen molar-refractivity contribution < 1.29 is 18.3 Å². The fourth-order valence-electron chi connectivity index (χ4n) is 2.31. The molecule has 1 rings (SSSR count). The van der Waals surface area contributed by atoms with Gasteiger partial charge in [-0.25, -0.2) is 0 Å². The first kappa shape index (κ1) is 13.8. The third-order valence-corrected chi connectivity index (χ3v) is 3.24. The van der Waals surface area contributed by atoms with Crippen LogP contribution in [0.3, 0.4) is 0 Å². The van der Waals surface area contributed by atoms with Crippen LogP contribution in [0.2, 0.25) is 0 Å². The predicted octanol–water partition coefficient (Wildman–Crippen LogP) is 2.42. The zero-order valence-corrected chi connectivity index (χ0v) is 9.63. The van der Waals surface area contributed by atoms with Gasteiger partial charge in [0.05, 0.1) is 12.6 Å². The Morgan fingerprint density at radius 2 is 1.88 bits per heavy atom. The molecule has 1 saturated carbocycles. The van der Waals surface area contributed by atoms with Crippen molar-refractivity contribution in [3.63, 3.8) is 0 Å². The van der Waals surface area contributed by atoms with Gasteiger partial charge in [-0.15, -0.1) is 0 Å². The number of aliphatic hydroxyl groups excluding tert-OH is 1. The molecule has 0 spiro atoms. The van der Waals surface area contributed by atoms with E-state index < -0.39 is 18.8 Å². The summed E-state index contributed by atoms with van der Waals surface area (Å²) < 4.78 is 36.6. The van der Waals surface area contributed by atoms with Gasteiger partial charge in [0.1, 0.15) is 0 Å². The molecule has 2 nitrogen and oxygen atoms in total. The molecule has 1 unspecified atom stereocenters. The molecule has 0 amide bonds. The highest BCUT2D eigenvalue weighted by Crippen LogP contribution is 2.28. The van der Waals surface area contributed by atoms with Gasteiger partial charge in [-0.05, 0) is 25.3 Å². The van der Waals surface area contributed by atoms with Gasteiger partial charge in [-0.1, -0.05) is 19.8 Å². The van der Waals surface area contributed by atoms with Crippen LogP contribution < -0.4 is 0 Å². The minimum atomic E-state index is -4.18. The highest BCUT2D eigenvalue weighted by Gasteiger charge is 2.32. The number of likely N-dealkylation sites (N-methyl/N-ethyl adjacent to an activating group) is 1. The second-order valence-electron chi connectivity index (χ2n) is 4.55. The lowest BCUT2D eigenvalue weighted by Gasteiger charge is -2.27. The van der Waals surface area contributed by atoms with E-state index in [1.165, 1.54) is 4.90 Å². The molecule has 16 heavy (non-hydrogen) atoms. The number of nitrogens with zero attached hydrogens (tertiary/aromatic N) is 1. The molecule has 0 saturated heterocycles. The van der Waals surface area contributed by atoms with Gasteiger partial charge < -0.3 is 5.11 Å². The summed E-state index contributed by atoms with van der Waals surface area (Å²) in [6.45, 7) is 1.23. The smallest absolute Gasteiger partial charge is 0.392 e. The largest absolute Gasteiger partial charge is 0.401 e. The Kier molecular flexibility index (Phi) is 5.05. The Bertz CT molecular complexity index is 202. The third-order valence-electron chi connectivity index (χ3n) is 3.24. The molecule has 0 heterocycles. The molecule has 0 bridgehead atoms. The summed E-state index contributed by atoms with van der Waals surface area (Å²) in [5, 5.41) is 9.84. The van der Waals surface area contributed by atoms with Gasteiger partial charge in [0.2, 0.25) is 0 Å². The summed E-state index contributed by atoms with van der Waals surface area (Å²) in [5.74, 6) is 0.197. The van der Waals surface area contributed by atoms with Crippen LogP contribution in [0.5, 0.6) is 0 Å². The summed E-state index contributed by atoms with van der Waals surface area (Å²) in [6, 6.07) is 0. The van der Waals surface area contributed by atoms with E-state index in [1.807, 2.05) is 0 Å². The second-order valence-corrected chi connectivity index (χ2v) is 4.55. The number of hydrogen-bond acceptors (Lipinski definition) is 2. The lowest BCUT2D eigenvalue weighted by atomic mass is 10.0. The van der Waals surface area contributed by atoms with E-state index in [2.05, 4.69) is 0 Å². The van der Waals surface area contributed by atoms with Crippen molar-refractivity contribution in [2.24, 2.45) is 5.92 Å². The van der Waals surface area contributed by atoms with Crippen LogP contribution in [0.25, 0.3) is 0 Å². The quantitative estimate of drug-likeness (QED) is 0.796. The third kappa shape index (κ3) is 4.70. The van der Waals surface area contributed by atoms with Gasteiger partial charge in [0.25, 0.3) is 0 Å². The summed E-state index contributed by atoms with van der Waals surface area (Å²) in [4.78, 5) is 1.27. The van der Waals surface area contributed by atoms with E-state index in [0.717, 1.165) is 25.7 Å². The van der Waals surface area contributed by atoms with Gasteiger partial charge in [-0.3, -0.25) is 4.90 Å². The fraction of sp³-hybridized carbons (Fsp3) is 1.00. The van der Waals surface area contributed by atoms with E-state index in [9.17, 15) is 18.3 Å². The first-order valence-corrected chi connectivity index (χ1v) is 5.89. The van der Waals surface area contributed by atoms with Crippen molar-refractivity contribution >= 4 is 0 Å². The lowest BCUT2D eigenvalue weighted by Crippen LogP contribution is -2.41. The normalized spacial score (nSPS) is 20.6. The number of hydrogen-bond donors (Lipinski definition) is 1. The Hall–Kier alpha value is -0.290. The SMILES string of the molecule is CCN(CC(O)C1CCCC1)CC(F)(F)F. The zero-order chi connectivity index (χ0) is 12.2. The van der Waals surface area contributed by atoms with Crippen molar-refractivity contribution in [3.05, 3.63) is 0 Å². The number of alkyl halides is 3. The van der Waals surface area contributed by atoms with Crippen LogP contribution in [-0.2, 0) is 0 Å². The van der Waals surface area contributed by atoms with Crippen molar-refractivity contribution in [1.82, 2.24) is 4.90 Å². The Morgan fingerprint density at radius 3 is 2.31 bits per heavy atom. The maximum Gasteiger partial charge on any atom is 0.401 e. The Morgan fingerprint density at radius 1 is 1.31 bits per heavy atom. The Balaban J connectivity index is 2.36. The van der Waals surface area contributed by atoms with Crippen LogP contribution in [0.15, 0.2) is 0 Å². The van der Waals surface area contributed by atoms with Crippen molar-refractivity contribution in [3.8, 4) is 0 Å². The number of aliphatic hydroxyl groups is 1. The Labute approximate surface area is 94.4 Å². The molecule has 0 aromatic carbocycles. The van der Waals surface area contributed by atoms with Crippen LogP contribution in [-0.4, -0.2) is 41.9 Å². The van der Waals surface area contributed by atoms with Crippen LogP contribution in [0, 0.1) is 5.92 Å². The fourth-order valence-corrected chi connectivity index (χ4v) is 2.31. The summed E-state index contributed by atoms with van der Waals surface area (Å²) in [7, 11) is 0. The first-order chi connectivity index (χ1) is 7.42. The minimum absolute atomic E-state index is 0.140. The highest BCUT2D eigenvalue weighted by molar-refractivity contribution is 4.77. The molecule has 1 aliphatic carbocycles. The summed E-state index contributed by atoms with van der Waals surface area (Å²) in [5.41, 5.74) is 0. The summed E-state index contributed by atoms with van der Waals surface area (Å²) in [6.07, 6.45) is -0.703. The second kappa shape index (κ2) is 5.87. The molecule has 0 aliphatic heterocycles. The molecular formula is C11H20F3NO. The molecule has 0 aromatic rings. The molecule has 1 N–H and O–H groups in total. The first-order valence-electron chi connectivity index (χ1n) is 5.89. The van der Waals surface area contributed by atoms with E-state index in [0.29, 0.717) is 6.54 Å². The maximum absolute atomic E-state index is 12.2. The van der Waals surface area contributed by atoms with E-state index in [4.69, 9.17) is 0 Å². The minimum Gasteiger partial charge on any atom is -0.392 e. The molecule has 0 radical (unpaired) electrons. The van der Waals surface area contributed by atoms with Gasteiger partial charge >= 0.3 is 6.18 Å².